The molecule has 0 aromatic carbocycles. The number of ether oxygens (including phenoxy) is 2. The Morgan fingerprint density at radius 2 is 2.50 bits per heavy atom. The van der Waals surface area contributed by atoms with Crippen LogP contribution < -0.4 is 0 Å². The van der Waals surface area contributed by atoms with Gasteiger partial charge in [-0.1, -0.05) is 6.08 Å². The van der Waals surface area contributed by atoms with E-state index in [2.05, 4.69) is 6.58 Å². The third-order valence-electron chi connectivity index (χ3n) is 0.984. The monoisotopic (exact) mass is 113 g/mol. The largest absolute Gasteiger partial charge is 0.352 e. The van der Waals surface area contributed by atoms with E-state index in [9.17, 15) is 0 Å². The summed E-state index contributed by atoms with van der Waals surface area (Å²) in [6, 6.07) is 0. The van der Waals surface area contributed by atoms with Crippen LogP contribution in [0.4, 0.5) is 0 Å². The molecular formula is C6H9O2. The molecule has 0 spiro atoms. The average molecular weight is 113 g/mol. The van der Waals surface area contributed by atoms with Gasteiger partial charge < -0.3 is 9.47 Å². The first kappa shape index (κ1) is 5.79. The van der Waals surface area contributed by atoms with Crippen LogP contribution in [0.25, 0.3) is 0 Å². The standard InChI is InChI=1S/C6H9O2/c1-2-4-7-6-3-5-8-6/h2,4,6H,1,3,5H2. The highest BCUT2D eigenvalue weighted by Gasteiger charge is 2.17. The van der Waals surface area contributed by atoms with Crippen molar-refractivity contribution in [2.45, 2.75) is 12.7 Å². The summed E-state index contributed by atoms with van der Waals surface area (Å²) in [7, 11) is 0. The second-order valence-electron chi connectivity index (χ2n) is 1.60. The quantitative estimate of drug-likeness (QED) is 0.545. The highest BCUT2D eigenvalue weighted by molar-refractivity contribution is 4.78. The molecule has 1 rings (SSSR count). The summed E-state index contributed by atoms with van der Waals surface area (Å²) in [5.74, 6) is 0. The topological polar surface area (TPSA) is 18.5 Å². The first-order chi connectivity index (χ1) is 3.93. The molecule has 0 aromatic rings. The van der Waals surface area contributed by atoms with Crippen molar-refractivity contribution in [1.29, 1.82) is 0 Å². The Bertz CT molecular complexity index is 76.6. The average Bonchev–Trinajstić information content (AvgIpc) is 1.63. The lowest BCUT2D eigenvalue weighted by atomic mass is 10.3. The lowest BCUT2D eigenvalue weighted by Crippen LogP contribution is -2.28. The highest BCUT2D eigenvalue weighted by atomic mass is 16.7. The fourth-order valence-electron chi connectivity index (χ4n) is 0.465. The normalized spacial score (nSPS) is 26.8. The molecule has 1 heterocycles. The zero-order valence-electron chi connectivity index (χ0n) is 4.67. The van der Waals surface area contributed by atoms with Gasteiger partial charge in [-0.05, 0) is 0 Å². The van der Waals surface area contributed by atoms with Crippen molar-refractivity contribution in [3.63, 3.8) is 0 Å². The van der Waals surface area contributed by atoms with E-state index in [1.165, 1.54) is 0 Å². The Morgan fingerprint density at radius 1 is 1.75 bits per heavy atom. The zero-order valence-corrected chi connectivity index (χ0v) is 4.67. The summed E-state index contributed by atoms with van der Waals surface area (Å²) >= 11 is 0. The molecule has 0 saturated carbocycles. The van der Waals surface area contributed by atoms with Crippen LogP contribution >= 0.6 is 0 Å². The van der Waals surface area contributed by atoms with Crippen LogP contribution in [0.1, 0.15) is 6.42 Å². The van der Waals surface area contributed by atoms with Gasteiger partial charge in [0.1, 0.15) is 6.61 Å². The number of hydrogen-bond acceptors (Lipinski definition) is 2. The van der Waals surface area contributed by atoms with Crippen molar-refractivity contribution in [2.24, 2.45) is 0 Å². The minimum absolute atomic E-state index is 0.00741. The summed E-state index contributed by atoms with van der Waals surface area (Å²) < 4.78 is 9.89. The molecule has 1 fully saturated rings. The van der Waals surface area contributed by atoms with Gasteiger partial charge in [0.2, 0.25) is 0 Å². The van der Waals surface area contributed by atoms with Gasteiger partial charge in [0.05, 0.1) is 6.61 Å². The second-order valence-corrected chi connectivity index (χ2v) is 1.60. The van der Waals surface area contributed by atoms with E-state index in [1.54, 1.807) is 12.7 Å². The van der Waals surface area contributed by atoms with E-state index in [0.717, 1.165) is 13.0 Å². The molecule has 1 radical (unpaired) electrons. The van der Waals surface area contributed by atoms with Gasteiger partial charge in [-0.15, -0.1) is 6.58 Å². The first-order valence-electron chi connectivity index (χ1n) is 2.65. The van der Waals surface area contributed by atoms with Gasteiger partial charge in [-0.3, -0.25) is 0 Å². The molecule has 0 bridgehead atoms. The van der Waals surface area contributed by atoms with E-state index in [1.807, 2.05) is 0 Å². The lowest BCUT2D eigenvalue weighted by Gasteiger charge is -2.25. The molecule has 1 atom stereocenters. The SMILES string of the molecule is C=C[CH]OC1CCO1. The fourth-order valence-corrected chi connectivity index (χ4v) is 0.465. The van der Waals surface area contributed by atoms with Crippen molar-refractivity contribution in [2.75, 3.05) is 6.61 Å². The molecule has 1 aliphatic rings. The molecule has 0 N–H and O–H groups in total. The van der Waals surface area contributed by atoms with Gasteiger partial charge in [0.15, 0.2) is 6.29 Å². The van der Waals surface area contributed by atoms with Gasteiger partial charge in [-0.2, -0.15) is 0 Å². The summed E-state index contributed by atoms with van der Waals surface area (Å²) in [6.07, 6.45) is 2.61. The second kappa shape index (κ2) is 2.84. The summed E-state index contributed by atoms with van der Waals surface area (Å²) in [4.78, 5) is 0. The van der Waals surface area contributed by atoms with E-state index in [-0.39, 0.29) is 6.29 Å². The highest BCUT2D eigenvalue weighted by Crippen LogP contribution is 2.12. The van der Waals surface area contributed by atoms with Crippen LogP contribution in [0.2, 0.25) is 0 Å². The molecule has 2 heteroatoms. The summed E-state index contributed by atoms with van der Waals surface area (Å²) in [5, 5.41) is 0. The molecule has 0 aliphatic carbocycles. The molecule has 45 valence electrons. The van der Waals surface area contributed by atoms with Crippen LogP contribution in [0.3, 0.4) is 0 Å². The third-order valence-corrected chi connectivity index (χ3v) is 0.984. The van der Waals surface area contributed by atoms with Crippen LogP contribution in [0.5, 0.6) is 0 Å². The van der Waals surface area contributed by atoms with Crippen molar-refractivity contribution in [3.05, 3.63) is 19.3 Å². The first-order valence-corrected chi connectivity index (χ1v) is 2.65. The van der Waals surface area contributed by atoms with Gasteiger partial charge >= 0.3 is 0 Å². The predicted molar refractivity (Wildman–Crippen MR) is 29.9 cm³/mol. The molecule has 1 saturated heterocycles. The Kier molecular flexibility index (Phi) is 2.06. The maximum Gasteiger partial charge on any atom is 0.160 e. The Morgan fingerprint density at radius 3 is 2.88 bits per heavy atom. The smallest absolute Gasteiger partial charge is 0.160 e. The molecule has 1 aliphatic heterocycles. The predicted octanol–water partition coefficient (Wildman–Crippen LogP) is 1.10. The molecule has 8 heavy (non-hydrogen) atoms. The van der Waals surface area contributed by atoms with E-state index in [4.69, 9.17) is 9.47 Å². The number of hydrogen-bond donors (Lipinski definition) is 0. The summed E-state index contributed by atoms with van der Waals surface area (Å²) in [6.45, 7) is 5.83. The Labute approximate surface area is 49.1 Å². The van der Waals surface area contributed by atoms with Crippen LogP contribution in [0.15, 0.2) is 12.7 Å². The van der Waals surface area contributed by atoms with Crippen LogP contribution in [0, 0.1) is 6.61 Å². The van der Waals surface area contributed by atoms with Crippen molar-refractivity contribution in [1.82, 2.24) is 0 Å². The minimum Gasteiger partial charge on any atom is -0.352 e. The van der Waals surface area contributed by atoms with E-state index in [0.29, 0.717) is 0 Å². The number of rotatable bonds is 3. The van der Waals surface area contributed by atoms with E-state index >= 15 is 0 Å². The maximum absolute atomic E-state index is 4.96. The maximum atomic E-state index is 4.96. The van der Waals surface area contributed by atoms with Gasteiger partial charge in [-0.25, -0.2) is 0 Å². The van der Waals surface area contributed by atoms with Crippen molar-refractivity contribution < 1.29 is 9.47 Å². The molecule has 0 amide bonds. The summed E-state index contributed by atoms with van der Waals surface area (Å²) in [5.41, 5.74) is 0. The van der Waals surface area contributed by atoms with E-state index < -0.39 is 0 Å². The lowest BCUT2D eigenvalue weighted by molar-refractivity contribution is -0.194. The fraction of sp³-hybridized carbons (Fsp3) is 0.500. The molecular weight excluding hydrogens is 104 g/mol. The third kappa shape index (κ3) is 1.32. The van der Waals surface area contributed by atoms with Crippen LogP contribution in [-0.2, 0) is 9.47 Å². The molecule has 0 aromatic heterocycles. The van der Waals surface area contributed by atoms with Crippen LogP contribution in [-0.4, -0.2) is 12.9 Å². The Hall–Kier alpha value is -0.340. The molecule has 2 nitrogen and oxygen atoms in total. The molecule has 1 unspecified atom stereocenters. The Balaban J connectivity index is 1.93. The van der Waals surface area contributed by atoms with Crippen molar-refractivity contribution in [3.8, 4) is 0 Å². The van der Waals surface area contributed by atoms with Gasteiger partial charge in [0, 0.05) is 6.42 Å². The van der Waals surface area contributed by atoms with Gasteiger partial charge in [0.25, 0.3) is 0 Å². The zero-order chi connectivity index (χ0) is 5.82. The minimum atomic E-state index is 0.00741. The van der Waals surface area contributed by atoms with Crippen molar-refractivity contribution >= 4 is 0 Å².